The molecular weight excluding hydrogens is 282 g/mol. The van der Waals surface area contributed by atoms with Crippen LogP contribution >= 0.6 is 11.6 Å². The van der Waals surface area contributed by atoms with Gasteiger partial charge in [0.15, 0.2) is 0 Å². The van der Waals surface area contributed by atoms with Crippen molar-refractivity contribution in [2.24, 2.45) is 0 Å². The van der Waals surface area contributed by atoms with Crippen LogP contribution in [0.5, 0.6) is 11.5 Å². The van der Waals surface area contributed by atoms with Crippen molar-refractivity contribution in [1.82, 2.24) is 5.32 Å². The van der Waals surface area contributed by atoms with Crippen molar-refractivity contribution < 1.29 is 4.74 Å². The Morgan fingerprint density at radius 1 is 1.14 bits per heavy atom. The molecule has 1 saturated carbocycles. The number of rotatable bonds is 5. The van der Waals surface area contributed by atoms with E-state index in [1.807, 2.05) is 30.3 Å². The molecule has 0 bridgehead atoms. The van der Waals surface area contributed by atoms with Gasteiger partial charge in [-0.25, -0.2) is 0 Å². The first kappa shape index (κ1) is 14.4. The van der Waals surface area contributed by atoms with Gasteiger partial charge in [0.05, 0.1) is 0 Å². The number of benzene rings is 2. The monoisotopic (exact) mass is 301 g/mol. The van der Waals surface area contributed by atoms with Gasteiger partial charge in [0, 0.05) is 23.2 Å². The molecule has 3 heteroatoms. The maximum atomic E-state index is 6.34. The van der Waals surface area contributed by atoms with E-state index in [-0.39, 0.29) is 0 Å². The molecule has 1 aliphatic rings. The average Bonchev–Trinajstić information content (AvgIpc) is 3.21. The van der Waals surface area contributed by atoms with E-state index in [1.165, 1.54) is 24.0 Å². The Morgan fingerprint density at radius 2 is 1.86 bits per heavy atom. The first-order chi connectivity index (χ1) is 10.1. The van der Waals surface area contributed by atoms with Crippen LogP contribution in [0, 0.1) is 13.8 Å². The highest BCUT2D eigenvalue weighted by molar-refractivity contribution is 6.31. The number of halogens is 1. The topological polar surface area (TPSA) is 21.3 Å². The molecule has 0 aliphatic heterocycles. The molecule has 0 atom stereocenters. The highest BCUT2D eigenvalue weighted by Crippen LogP contribution is 2.32. The summed E-state index contributed by atoms with van der Waals surface area (Å²) in [7, 11) is 0. The molecule has 110 valence electrons. The Kier molecular flexibility index (Phi) is 4.18. The summed E-state index contributed by atoms with van der Waals surface area (Å²) >= 11 is 6.34. The lowest BCUT2D eigenvalue weighted by Crippen LogP contribution is -2.16. The molecule has 0 unspecified atom stereocenters. The number of hydrogen-bond donors (Lipinski definition) is 1. The van der Waals surface area contributed by atoms with Crippen molar-refractivity contribution in [1.29, 1.82) is 0 Å². The van der Waals surface area contributed by atoms with Gasteiger partial charge in [-0.05, 0) is 62.1 Å². The number of ether oxygens (including phenoxy) is 1. The fraction of sp³-hybridized carbons (Fsp3) is 0.333. The van der Waals surface area contributed by atoms with Gasteiger partial charge in [-0.2, -0.15) is 0 Å². The fourth-order valence-electron chi connectivity index (χ4n) is 2.46. The minimum atomic E-state index is 0.648. The van der Waals surface area contributed by atoms with E-state index in [4.69, 9.17) is 16.3 Å². The van der Waals surface area contributed by atoms with E-state index in [1.54, 1.807) is 0 Å². The van der Waals surface area contributed by atoms with Crippen molar-refractivity contribution in [2.75, 3.05) is 0 Å². The van der Waals surface area contributed by atoms with Crippen LogP contribution in [0.2, 0.25) is 5.02 Å². The third kappa shape index (κ3) is 3.78. The lowest BCUT2D eigenvalue weighted by Gasteiger charge is -2.14. The van der Waals surface area contributed by atoms with Crippen LogP contribution in [0.1, 0.15) is 29.5 Å². The van der Waals surface area contributed by atoms with Gasteiger partial charge in [-0.1, -0.05) is 23.7 Å². The second-order valence-electron chi connectivity index (χ2n) is 5.80. The van der Waals surface area contributed by atoms with E-state index in [9.17, 15) is 0 Å². The zero-order valence-electron chi connectivity index (χ0n) is 12.4. The van der Waals surface area contributed by atoms with Crippen LogP contribution in [-0.2, 0) is 6.54 Å². The highest BCUT2D eigenvalue weighted by Gasteiger charge is 2.21. The first-order valence-corrected chi connectivity index (χ1v) is 7.76. The van der Waals surface area contributed by atoms with E-state index in [2.05, 4.69) is 25.2 Å². The van der Waals surface area contributed by atoms with Crippen molar-refractivity contribution in [3.63, 3.8) is 0 Å². The molecule has 21 heavy (non-hydrogen) atoms. The summed E-state index contributed by atoms with van der Waals surface area (Å²) in [5.74, 6) is 1.70. The SMILES string of the molecule is Cc1cc(C)cc(Oc2cccc(Cl)c2CNC2CC2)c1. The molecular formula is C18H20ClNO. The molecule has 0 aromatic heterocycles. The van der Waals surface area contributed by atoms with Crippen LogP contribution in [-0.4, -0.2) is 6.04 Å². The lowest BCUT2D eigenvalue weighted by atomic mass is 10.1. The molecule has 0 radical (unpaired) electrons. The van der Waals surface area contributed by atoms with Crippen LogP contribution in [0.25, 0.3) is 0 Å². The highest BCUT2D eigenvalue weighted by atomic mass is 35.5. The minimum Gasteiger partial charge on any atom is -0.457 e. The quantitative estimate of drug-likeness (QED) is 0.839. The molecule has 1 N–H and O–H groups in total. The fourth-order valence-corrected chi connectivity index (χ4v) is 2.69. The number of hydrogen-bond acceptors (Lipinski definition) is 2. The maximum absolute atomic E-state index is 6.34. The summed E-state index contributed by atoms with van der Waals surface area (Å²) in [6.45, 7) is 4.91. The van der Waals surface area contributed by atoms with Gasteiger partial charge < -0.3 is 10.1 Å². The Bertz CT molecular complexity index is 629. The van der Waals surface area contributed by atoms with Crippen molar-refractivity contribution in [3.05, 3.63) is 58.1 Å². The molecule has 0 spiro atoms. The van der Waals surface area contributed by atoms with E-state index < -0.39 is 0 Å². The zero-order chi connectivity index (χ0) is 14.8. The van der Waals surface area contributed by atoms with Crippen LogP contribution in [0.4, 0.5) is 0 Å². The third-order valence-electron chi connectivity index (χ3n) is 3.64. The third-order valence-corrected chi connectivity index (χ3v) is 4.00. The van der Waals surface area contributed by atoms with Crippen molar-refractivity contribution in [2.45, 2.75) is 39.3 Å². The summed E-state index contributed by atoms with van der Waals surface area (Å²) in [6, 6.07) is 12.7. The van der Waals surface area contributed by atoms with Crippen molar-refractivity contribution in [3.8, 4) is 11.5 Å². The summed E-state index contributed by atoms with van der Waals surface area (Å²) in [4.78, 5) is 0. The Hall–Kier alpha value is -1.51. The molecule has 1 aliphatic carbocycles. The molecule has 3 rings (SSSR count). The molecule has 2 aromatic carbocycles. The molecule has 0 saturated heterocycles. The minimum absolute atomic E-state index is 0.648. The number of nitrogens with one attached hydrogen (secondary N) is 1. The first-order valence-electron chi connectivity index (χ1n) is 7.39. The largest absolute Gasteiger partial charge is 0.457 e. The van der Waals surface area contributed by atoms with E-state index >= 15 is 0 Å². The summed E-state index contributed by atoms with van der Waals surface area (Å²) in [5.41, 5.74) is 3.43. The Morgan fingerprint density at radius 3 is 2.52 bits per heavy atom. The van der Waals surface area contributed by atoms with Crippen LogP contribution in [0.3, 0.4) is 0 Å². The van der Waals surface area contributed by atoms with Gasteiger partial charge in [-0.15, -0.1) is 0 Å². The molecule has 1 fully saturated rings. The molecule has 2 aromatic rings. The van der Waals surface area contributed by atoms with E-state index in [0.717, 1.165) is 28.6 Å². The lowest BCUT2D eigenvalue weighted by molar-refractivity contribution is 0.472. The maximum Gasteiger partial charge on any atom is 0.133 e. The average molecular weight is 302 g/mol. The molecule has 0 amide bonds. The second-order valence-corrected chi connectivity index (χ2v) is 6.20. The van der Waals surface area contributed by atoms with Gasteiger partial charge in [-0.3, -0.25) is 0 Å². The molecule has 0 heterocycles. The summed E-state index contributed by atoms with van der Waals surface area (Å²) < 4.78 is 6.08. The predicted octanol–water partition coefficient (Wildman–Crippen LogP) is 5.00. The van der Waals surface area contributed by atoms with Gasteiger partial charge in [0.1, 0.15) is 11.5 Å². The Balaban J connectivity index is 1.84. The van der Waals surface area contributed by atoms with Crippen LogP contribution < -0.4 is 10.1 Å². The second kappa shape index (κ2) is 6.08. The van der Waals surface area contributed by atoms with Crippen LogP contribution in [0.15, 0.2) is 36.4 Å². The molecule has 2 nitrogen and oxygen atoms in total. The van der Waals surface area contributed by atoms with Gasteiger partial charge >= 0.3 is 0 Å². The van der Waals surface area contributed by atoms with Gasteiger partial charge in [0.25, 0.3) is 0 Å². The van der Waals surface area contributed by atoms with E-state index in [0.29, 0.717) is 6.04 Å². The predicted molar refractivity (Wildman–Crippen MR) is 87.3 cm³/mol. The Labute approximate surface area is 131 Å². The summed E-state index contributed by atoms with van der Waals surface area (Å²) in [6.07, 6.45) is 2.52. The summed E-state index contributed by atoms with van der Waals surface area (Å²) in [5, 5.41) is 4.25. The van der Waals surface area contributed by atoms with Gasteiger partial charge in [0.2, 0.25) is 0 Å². The smallest absolute Gasteiger partial charge is 0.133 e. The normalized spacial score (nSPS) is 14.2. The van der Waals surface area contributed by atoms with Crippen molar-refractivity contribution >= 4 is 11.6 Å². The number of aryl methyl sites for hydroxylation is 2. The zero-order valence-corrected chi connectivity index (χ0v) is 13.2. The standard InChI is InChI=1S/C18H20ClNO/c1-12-8-13(2)10-15(9-12)21-18-5-3-4-17(19)16(18)11-20-14-6-7-14/h3-5,8-10,14,20H,6-7,11H2,1-2H3.